The summed E-state index contributed by atoms with van der Waals surface area (Å²) in [4.78, 5) is 25.6. The summed E-state index contributed by atoms with van der Waals surface area (Å²) >= 11 is 0. The van der Waals surface area contributed by atoms with Crippen molar-refractivity contribution >= 4 is 17.6 Å². The number of anilines is 1. The maximum absolute atomic E-state index is 13.0. The topological polar surface area (TPSA) is 61.4 Å². The van der Waals surface area contributed by atoms with Gasteiger partial charge in [0.2, 0.25) is 5.91 Å². The number of carbonyl (C=O) groups is 2. The monoisotopic (exact) mass is 359 g/mol. The SMILES string of the molecule is O=C(NCc1ccc(F)cc1)NC[C@H]1CC(=O)N(c2ccc(F)cc2)C1. The molecule has 5 nitrogen and oxygen atoms in total. The molecule has 2 aromatic carbocycles. The number of hydrogen-bond acceptors (Lipinski definition) is 2. The van der Waals surface area contributed by atoms with Crippen molar-refractivity contribution in [3.63, 3.8) is 0 Å². The van der Waals surface area contributed by atoms with Crippen LogP contribution in [0.25, 0.3) is 0 Å². The van der Waals surface area contributed by atoms with Gasteiger partial charge in [0, 0.05) is 37.7 Å². The van der Waals surface area contributed by atoms with Gasteiger partial charge in [-0.3, -0.25) is 4.79 Å². The number of nitrogens with zero attached hydrogens (tertiary/aromatic N) is 1. The third-order valence-corrected chi connectivity index (χ3v) is 4.26. The molecule has 0 unspecified atom stereocenters. The van der Waals surface area contributed by atoms with Crippen molar-refractivity contribution in [2.24, 2.45) is 5.92 Å². The highest BCUT2D eigenvalue weighted by atomic mass is 19.1. The standard InChI is InChI=1S/C19H19F2N3O2/c20-15-3-1-13(2-4-15)10-22-19(26)23-11-14-9-18(25)24(12-14)17-7-5-16(21)6-8-17/h1-8,14H,9-12H2,(H2,22,23,26)/t14-/m1/s1. The molecule has 0 radical (unpaired) electrons. The molecule has 0 bridgehead atoms. The molecule has 1 saturated heterocycles. The average molecular weight is 359 g/mol. The van der Waals surface area contributed by atoms with Crippen LogP contribution in [-0.2, 0) is 11.3 Å². The van der Waals surface area contributed by atoms with Gasteiger partial charge in [-0.15, -0.1) is 0 Å². The molecule has 1 aliphatic heterocycles. The van der Waals surface area contributed by atoms with Crippen LogP contribution in [0.3, 0.4) is 0 Å². The van der Waals surface area contributed by atoms with E-state index in [1.54, 1.807) is 29.2 Å². The van der Waals surface area contributed by atoms with Crippen molar-refractivity contribution in [1.29, 1.82) is 0 Å². The minimum absolute atomic E-state index is 0.0101. The van der Waals surface area contributed by atoms with Crippen LogP contribution >= 0.6 is 0 Å². The lowest BCUT2D eigenvalue weighted by molar-refractivity contribution is -0.117. The number of carbonyl (C=O) groups excluding carboxylic acids is 2. The van der Waals surface area contributed by atoms with E-state index in [-0.39, 0.29) is 36.0 Å². The summed E-state index contributed by atoms with van der Waals surface area (Å²) in [6.07, 6.45) is 0.329. The van der Waals surface area contributed by atoms with E-state index in [2.05, 4.69) is 10.6 Å². The molecule has 1 heterocycles. The smallest absolute Gasteiger partial charge is 0.315 e. The van der Waals surface area contributed by atoms with Crippen LogP contribution in [0.1, 0.15) is 12.0 Å². The molecule has 1 atom stereocenters. The van der Waals surface area contributed by atoms with E-state index in [1.165, 1.54) is 24.3 Å². The molecule has 1 fully saturated rings. The first-order valence-corrected chi connectivity index (χ1v) is 8.33. The minimum Gasteiger partial charge on any atom is -0.338 e. The number of benzene rings is 2. The summed E-state index contributed by atoms with van der Waals surface area (Å²) < 4.78 is 25.8. The Morgan fingerprint density at radius 3 is 2.27 bits per heavy atom. The molecular weight excluding hydrogens is 340 g/mol. The van der Waals surface area contributed by atoms with Gasteiger partial charge in [-0.1, -0.05) is 12.1 Å². The zero-order chi connectivity index (χ0) is 18.5. The molecule has 0 spiro atoms. The van der Waals surface area contributed by atoms with Gasteiger partial charge in [0.25, 0.3) is 0 Å². The summed E-state index contributed by atoms with van der Waals surface area (Å²) in [6.45, 7) is 1.12. The lowest BCUT2D eigenvalue weighted by atomic mass is 10.1. The van der Waals surface area contributed by atoms with Gasteiger partial charge in [-0.2, -0.15) is 0 Å². The highest BCUT2D eigenvalue weighted by molar-refractivity contribution is 5.95. The lowest BCUT2D eigenvalue weighted by Crippen LogP contribution is -2.38. The van der Waals surface area contributed by atoms with Crippen LogP contribution in [0, 0.1) is 17.6 Å². The second-order valence-corrected chi connectivity index (χ2v) is 6.24. The van der Waals surface area contributed by atoms with Gasteiger partial charge in [0.1, 0.15) is 11.6 Å². The van der Waals surface area contributed by atoms with Crippen LogP contribution in [0.4, 0.5) is 19.3 Å². The fourth-order valence-corrected chi connectivity index (χ4v) is 2.87. The number of amides is 3. The van der Waals surface area contributed by atoms with Crippen molar-refractivity contribution in [2.45, 2.75) is 13.0 Å². The maximum Gasteiger partial charge on any atom is 0.315 e. The van der Waals surface area contributed by atoms with Crippen molar-refractivity contribution in [3.8, 4) is 0 Å². The third kappa shape index (κ3) is 4.56. The highest BCUT2D eigenvalue weighted by Crippen LogP contribution is 2.24. The zero-order valence-electron chi connectivity index (χ0n) is 14.0. The molecule has 2 N–H and O–H groups in total. The summed E-state index contributed by atoms with van der Waals surface area (Å²) in [5, 5.41) is 5.43. The number of halogens is 2. The Hall–Kier alpha value is -2.96. The van der Waals surface area contributed by atoms with Crippen molar-refractivity contribution in [2.75, 3.05) is 18.0 Å². The molecule has 2 aromatic rings. The van der Waals surface area contributed by atoms with Gasteiger partial charge in [-0.25, -0.2) is 13.6 Å². The molecule has 3 rings (SSSR count). The molecule has 0 saturated carbocycles. The fraction of sp³-hybridized carbons (Fsp3) is 0.263. The number of hydrogen-bond donors (Lipinski definition) is 2. The summed E-state index contributed by atoms with van der Waals surface area (Å²) in [7, 11) is 0. The highest BCUT2D eigenvalue weighted by Gasteiger charge is 2.30. The van der Waals surface area contributed by atoms with Crippen LogP contribution in [0.15, 0.2) is 48.5 Å². The number of rotatable bonds is 5. The Morgan fingerprint density at radius 2 is 1.62 bits per heavy atom. The van der Waals surface area contributed by atoms with Crippen molar-refractivity contribution < 1.29 is 18.4 Å². The molecule has 26 heavy (non-hydrogen) atoms. The zero-order valence-corrected chi connectivity index (χ0v) is 14.0. The van der Waals surface area contributed by atoms with Crippen molar-refractivity contribution in [3.05, 3.63) is 65.7 Å². The normalized spacial score (nSPS) is 16.6. The predicted molar refractivity (Wildman–Crippen MR) is 93.5 cm³/mol. The van der Waals surface area contributed by atoms with E-state index in [9.17, 15) is 18.4 Å². The van der Waals surface area contributed by atoms with E-state index in [1.807, 2.05) is 0 Å². The Morgan fingerprint density at radius 1 is 1.00 bits per heavy atom. The predicted octanol–water partition coefficient (Wildman–Crippen LogP) is 2.82. The summed E-state index contributed by atoms with van der Waals surface area (Å²) in [6, 6.07) is 11.3. The third-order valence-electron chi connectivity index (χ3n) is 4.26. The van der Waals surface area contributed by atoms with Gasteiger partial charge >= 0.3 is 6.03 Å². The van der Waals surface area contributed by atoms with Crippen LogP contribution < -0.4 is 15.5 Å². The molecule has 7 heteroatoms. The Labute approximate surface area is 150 Å². The molecular formula is C19H19F2N3O2. The van der Waals surface area contributed by atoms with E-state index < -0.39 is 0 Å². The molecule has 3 amide bonds. The quantitative estimate of drug-likeness (QED) is 0.862. The first-order valence-electron chi connectivity index (χ1n) is 8.33. The lowest BCUT2D eigenvalue weighted by Gasteiger charge is -2.17. The molecule has 0 aromatic heterocycles. The minimum atomic E-state index is -0.351. The van der Waals surface area contributed by atoms with Crippen molar-refractivity contribution in [1.82, 2.24) is 10.6 Å². The molecule has 0 aliphatic carbocycles. The second-order valence-electron chi connectivity index (χ2n) is 6.24. The van der Waals surface area contributed by atoms with E-state index in [0.29, 0.717) is 25.2 Å². The van der Waals surface area contributed by atoms with E-state index >= 15 is 0 Å². The number of urea groups is 1. The van der Waals surface area contributed by atoms with E-state index in [0.717, 1.165) is 5.56 Å². The molecule has 1 aliphatic rings. The van der Waals surface area contributed by atoms with Crippen LogP contribution in [-0.4, -0.2) is 25.0 Å². The average Bonchev–Trinajstić information content (AvgIpc) is 3.01. The first kappa shape index (κ1) is 17.8. The second kappa shape index (κ2) is 7.95. The van der Waals surface area contributed by atoms with Crippen LogP contribution in [0.5, 0.6) is 0 Å². The Kier molecular flexibility index (Phi) is 5.46. The summed E-state index contributed by atoms with van der Waals surface area (Å²) in [5.74, 6) is -0.731. The van der Waals surface area contributed by atoms with Gasteiger partial charge in [-0.05, 0) is 42.0 Å². The first-order chi connectivity index (χ1) is 12.5. The van der Waals surface area contributed by atoms with Gasteiger partial charge < -0.3 is 15.5 Å². The largest absolute Gasteiger partial charge is 0.338 e. The maximum atomic E-state index is 13.0. The number of nitrogens with one attached hydrogen (secondary N) is 2. The van der Waals surface area contributed by atoms with Gasteiger partial charge in [0.15, 0.2) is 0 Å². The Bertz CT molecular complexity index is 778. The Balaban J connectivity index is 1.44. The molecule has 136 valence electrons. The summed E-state index contributed by atoms with van der Waals surface area (Å²) in [5.41, 5.74) is 1.44. The van der Waals surface area contributed by atoms with Crippen LogP contribution in [0.2, 0.25) is 0 Å². The van der Waals surface area contributed by atoms with E-state index in [4.69, 9.17) is 0 Å². The van der Waals surface area contributed by atoms with Gasteiger partial charge in [0.05, 0.1) is 0 Å². The fourth-order valence-electron chi connectivity index (χ4n) is 2.87.